The molecule has 3 aliphatic heterocycles. The maximum Gasteiger partial charge on any atom is 0.322 e. The molecule has 64 heavy (non-hydrogen) atoms. The van der Waals surface area contributed by atoms with Crippen LogP contribution in [0.15, 0.2) is 29.2 Å². The molecule has 0 unspecified atom stereocenters. The largest absolute Gasteiger partial charge is 0.459 e. The van der Waals surface area contributed by atoms with Gasteiger partial charge in [0.15, 0.2) is 18.9 Å². The molecule has 3 fully saturated rings. The molecule has 3 aliphatic rings. The molecule has 21 heteroatoms. The molecule has 20 nitrogen and oxygen atoms in total. The van der Waals surface area contributed by atoms with Crippen LogP contribution in [-0.4, -0.2) is 179 Å². The van der Waals surface area contributed by atoms with Crippen LogP contribution in [0.5, 0.6) is 0 Å². The third kappa shape index (κ3) is 12.3. The van der Waals surface area contributed by atoms with E-state index in [2.05, 4.69) is 5.32 Å². The number of carbonyl (C=O) groups excluding carboxylic acids is 2. The third-order valence-corrected chi connectivity index (χ3v) is 14.3. The van der Waals surface area contributed by atoms with E-state index < -0.39 is 124 Å². The van der Waals surface area contributed by atoms with Crippen molar-refractivity contribution in [1.82, 2.24) is 9.80 Å². The number of nitrogens with two attached hydrogens (primary N) is 1. The van der Waals surface area contributed by atoms with E-state index in [1.165, 1.54) is 64.0 Å². The summed E-state index contributed by atoms with van der Waals surface area (Å²) < 4.78 is 60.5. The van der Waals surface area contributed by atoms with Crippen LogP contribution in [0, 0.1) is 17.8 Å². The van der Waals surface area contributed by atoms with Crippen LogP contribution >= 0.6 is 0 Å². The average Bonchev–Trinajstić information content (AvgIpc) is 3.20. The fraction of sp³-hybridized carbons (Fsp3) is 0.814. The standard InChI is InChI=1S/C43H74N4O16S/c1-13-30-43(9,55)34(49)26(6)47(40(53)45-27-14-16-28(17-15-27)64(44,56)57)21-22(2)19-41(7,54)36(63-39-32(48)29(46(10)11)18-23(3)59-39)24(4)33(25(5)37(51)60-30)61-31-20-42(8,58-12)35(50)38(52)62-31/h14-17,22-26,29-36,38-39,48-50,52,54-55H,13,18-21H2,1-12H3,(H,45,53)(H2,44,56,57)/t22-,23-,24+,25-,26-,29-,30-,31-,32-,33+,34-,35-,36-,38+,39+,41+,42+,43-/m1/s1. The molecule has 0 bridgehead atoms. The first-order chi connectivity index (χ1) is 29.5. The molecule has 1 aromatic rings. The van der Waals surface area contributed by atoms with Gasteiger partial charge in [-0.05, 0) is 105 Å². The number of hydrogen-bond donors (Lipinski definition) is 8. The highest BCUT2D eigenvalue weighted by atomic mass is 32.2. The molecular weight excluding hydrogens is 861 g/mol. The average molecular weight is 935 g/mol. The number of rotatable bonds is 9. The number of primary sulfonamides is 1. The second-order valence-corrected chi connectivity index (χ2v) is 20.6. The Balaban J connectivity index is 1.86. The lowest BCUT2D eigenvalue weighted by Crippen LogP contribution is -2.61. The van der Waals surface area contributed by atoms with Gasteiger partial charge in [-0.25, -0.2) is 18.4 Å². The number of amides is 2. The fourth-order valence-corrected chi connectivity index (χ4v) is 9.94. The number of nitrogens with one attached hydrogen (secondary N) is 1. The Bertz CT molecular complexity index is 1820. The number of sulfonamides is 1. The molecule has 368 valence electrons. The highest BCUT2D eigenvalue weighted by molar-refractivity contribution is 7.89. The predicted molar refractivity (Wildman–Crippen MR) is 232 cm³/mol. The minimum absolute atomic E-state index is 0.0138. The van der Waals surface area contributed by atoms with E-state index in [0.717, 1.165) is 0 Å². The van der Waals surface area contributed by atoms with Crippen molar-refractivity contribution in [2.45, 2.75) is 183 Å². The SMILES string of the molecule is CC[C@H]1OC(=O)[C@H](C)[C@@H](O[C@H]2C[C@](C)(OC)[C@H](O)[C@@H](O)O2)[C@H](C)[C@@H](O[C@@H]2O[C@H](C)C[C@@H](N(C)C)[C@H]2O)[C@@](C)(O)C[C@@H](C)CN(C(=O)Nc2ccc(S(N)(=O)=O)cc2)[C@H](C)[C@@H](O)[C@]1(C)O. The lowest BCUT2D eigenvalue weighted by atomic mass is 9.77. The molecule has 0 aliphatic carbocycles. The number of aliphatic hydroxyl groups excluding tert-OH is 4. The number of nitrogens with zero attached hydrogens (tertiary/aromatic N) is 2. The fourth-order valence-electron chi connectivity index (χ4n) is 9.42. The van der Waals surface area contributed by atoms with Crippen LogP contribution in [0.4, 0.5) is 10.5 Å². The number of methoxy groups -OCH3 is 1. The lowest BCUT2D eigenvalue weighted by molar-refractivity contribution is -0.348. The molecule has 0 spiro atoms. The van der Waals surface area contributed by atoms with Crippen molar-refractivity contribution >= 4 is 27.7 Å². The van der Waals surface area contributed by atoms with E-state index in [-0.39, 0.29) is 42.5 Å². The zero-order valence-corrected chi connectivity index (χ0v) is 40.0. The number of anilines is 1. The highest BCUT2D eigenvalue weighted by Crippen LogP contribution is 2.40. The summed E-state index contributed by atoms with van der Waals surface area (Å²) in [5, 5.41) is 77.9. The zero-order valence-electron chi connectivity index (χ0n) is 39.2. The molecule has 4 rings (SSSR count). The van der Waals surface area contributed by atoms with Crippen LogP contribution in [0.1, 0.15) is 88.0 Å². The quantitative estimate of drug-likeness (QED) is 0.161. The summed E-state index contributed by atoms with van der Waals surface area (Å²) >= 11 is 0. The first-order valence-corrected chi connectivity index (χ1v) is 23.4. The van der Waals surface area contributed by atoms with Crippen molar-refractivity contribution in [3.05, 3.63) is 24.3 Å². The van der Waals surface area contributed by atoms with E-state index >= 15 is 0 Å². The number of benzene rings is 1. The summed E-state index contributed by atoms with van der Waals surface area (Å²) in [6.07, 6.45) is -12.7. The van der Waals surface area contributed by atoms with Gasteiger partial charge in [-0.2, -0.15) is 0 Å². The Labute approximate surface area is 377 Å². The third-order valence-electron chi connectivity index (χ3n) is 13.4. The smallest absolute Gasteiger partial charge is 0.322 e. The van der Waals surface area contributed by atoms with Crippen molar-refractivity contribution in [2.75, 3.05) is 33.1 Å². The van der Waals surface area contributed by atoms with Crippen LogP contribution in [0.3, 0.4) is 0 Å². The topological polar surface area (TPSA) is 290 Å². The van der Waals surface area contributed by atoms with Gasteiger partial charge in [0, 0.05) is 37.7 Å². The van der Waals surface area contributed by atoms with Crippen LogP contribution in [0.2, 0.25) is 0 Å². The summed E-state index contributed by atoms with van der Waals surface area (Å²) in [5.74, 6) is -3.71. The Morgan fingerprint density at radius 2 is 1.58 bits per heavy atom. The van der Waals surface area contributed by atoms with Gasteiger partial charge in [-0.15, -0.1) is 0 Å². The molecule has 2 amide bonds. The number of likely N-dealkylation sites (N-methyl/N-ethyl adjacent to an activating group) is 1. The number of cyclic esters (lactones) is 1. The Morgan fingerprint density at radius 3 is 2.12 bits per heavy atom. The number of hydrogen-bond acceptors (Lipinski definition) is 17. The van der Waals surface area contributed by atoms with Crippen molar-refractivity contribution < 1.29 is 77.1 Å². The minimum Gasteiger partial charge on any atom is -0.459 e. The van der Waals surface area contributed by atoms with Gasteiger partial charge in [0.05, 0.1) is 40.8 Å². The van der Waals surface area contributed by atoms with Crippen molar-refractivity contribution in [2.24, 2.45) is 22.9 Å². The molecule has 0 aromatic heterocycles. The molecule has 9 N–H and O–H groups in total. The molecular formula is C43H74N4O16S. The number of aliphatic hydroxyl groups is 6. The van der Waals surface area contributed by atoms with E-state index in [4.69, 9.17) is 33.6 Å². The summed E-state index contributed by atoms with van der Waals surface area (Å²) in [5.41, 5.74) is -5.19. The van der Waals surface area contributed by atoms with Crippen molar-refractivity contribution in [3.8, 4) is 0 Å². The van der Waals surface area contributed by atoms with E-state index in [1.54, 1.807) is 27.7 Å². The van der Waals surface area contributed by atoms with Gasteiger partial charge in [-0.1, -0.05) is 20.8 Å². The van der Waals surface area contributed by atoms with Crippen LogP contribution in [0.25, 0.3) is 0 Å². The Hall–Kier alpha value is -2.61. The van der Waals surface area contributed by atoms with Gasteiger partial charge < -0.3 is 74.2 Å². The van der Waals surface area contributed by atoms with Gasteiger partial charge >= 0.3 is 12.0 Å². The normalized spacial score (nSPS) is 42.3. The van der Waals surface area contributed by atoms with Gasteiger partial charge in [-0.3, -0.25) is 4.79 Å². The van der Waals surface area contributed by atoms with Crippen molar-refractivity contribution in [1.29, 1.82) is 0 Å². The Morgan fingerprint density at radius 1 is 0.969 bits per heavy atom. The number of urea groups is 1. The second-order valence-electron chi connectivity index (χ2n) is 19.1. The first kappa shape index (κ1) is 54.0. The maximum absolute atomic E-state index is 14.4. The second kappa shape index (κ2) is 21.1. The number of carbonyl (C=O) groups is 2. The van der Waals surface area contributed by atoms with E-state index in [1.807, 2.05) is 25.9 Å². The number of esters is 1. The van der Waals surface area contributed by atoms with Gasteiger partial charge in [0.25, 0.3) is 0 Å². The molecule has 18 atom stereocenters. The van der Waals surface area contributed by atoms with Crippen molar-refractivity contribution in [3.63, 3.8) is 0 Å². The molecule has 3 saturated heterocycles. The Kier molecular flexibility index (Phi) is 17.8. The molecule has 1 aromatic carbocycles. The van der Waals surface area contributed by atoms with E-state index in [0.29, 0.717) is 6.42 Å². The lowest BCUT2D eigenvalue weighted by Gasteiger charge is -2.48. The highest BCUT2D eigenvalue weighted by Gasteiger charge is 2.53. The summed E-state index contributed by atoms with van der Waals surface area (Å²) in [6.45, 7) is 14.2. The van der Waals surface area contributed by atoms with Gasteiger partial charge in [0.2, 0.25) is 10.0 Å². The molecule has 0 saturated carbocycles. The van der Waals surface area contributed by atoms with Crippen LogP contribution < -0.4 is 10.5 Å². The van der Waals surface area contributed by atoms with E-state index in [9.17, 15) is 48.6 Å². The molecule has 0 radical (unpaired) electrons. The minimum atomic E-state index is -4.03. The number of ether oxygens (including phenoxy) is 6. The summed E-state index contributed by atoms with van der Waals surface area (Å²) in [4.78, 5) is 31.6. The van der Waals surface area contributed by atoms with Gasteiger partial charge in [0.1, 0.15) is 35.6 Å². The first-order valence-electron chi connectivity index (χ1n) is 21.9. The maximum atomic E-state index is 14.4. The zero-order chi connectivity index (χ0) is 48.4. The predicted octanol–water partition coefficient (Wildman–Crippen LogP) is 1.08. The van der Waals surface area contributed by atoms with Crippen LogP contribution in [-0.2, 0) is 43.2 Å². The monoisotopic (exact) mass is 934 g/mol. The summed E-state index contributed by atoms with van der Waals surface area (Å²) in [7, 11) is 0.955. The summed E-state index contributed by atoms with van der Waals surface area (Å²) in [6, 6.07) is 2.80. The molecule has 3 heterocycles.